The third-order valence-electron chi connectivity index (χ3n) is 5.48. The standard InChI is InChI=1S/C25H20ClN3O4/c26-20-11-9-17(10-12-20)16-5-7-18(8-6-16)23(30)15-19(25(32)33)13-14-29-24(31)21-3-1-2-4-22(21)27-28-29/h1-12,19H,13-15H2,(H,32,33). The number of fused-ring (bicyclic) bond motifs is 1. The molecule has 1 aromatic heterocycles. The molecule has 33 heavy (non-hydrogen) atoms. The van der Waals surface area contributed by atoms with Crippen LogP contribution < -0.4 is 5.56 Å². The van der Waals surface area contributed by atoms with Crippen molar-refractivity contribution < 1.29 is 14.7 Å². The van der Waals surface area contributed by atoms with Gasteiger partial charge in [0.1, 0.15) is 5.52 Å². The molecule has 3 aromatic carbocycles. The molecule has 0 fully saturated rings. The molecule has 0 aliphatic rings. The Morgan fingerprint density at radius 1 is 0.939 bits per heavy atom. The van der Waals surface area contributed by atoms with Gasteiger partial charge in [-0.3, -0.25) is 14.4 Å². The van der Waals surface area contributed by atoms with Crippen LogP contribution >= 0.6 is 11.6 Å². The van der Waals surface area contributed by atoms with Crippen LogP contribution in [0.4, 0.5) is 0 Å². The van der Waals surface area contributed by atoms with Crippen LogP contribution in [0.2, 0.25) is 5.02 Å². The van der Waals surface area contributed by atoms with Gasteiger partial charge in [-0.05, 0) is 41.8 Å². The average molecular weight is 462 g/mol. The largest absolute Gasteiger partial charge is 0.481 e. The molecule has 0 aliphatic heterocycles. The van der Waals surface area contributed by atoms with Gasteiger partial charge in [-0.2, -0.15) is 0 Å². The van der Waals surface area contributed by atoms with Crippen LogP contribution in [0.25, 0.3) is 22.0 Å². The summed E-state index contributed by atoms with van der Waals surface area (Å²) in [6.45, 7) is 0.0520. The van der Waals surface area contributed by atoms with E-state index in [2.05, 4.69) is 10.3 Å². The number of carboxylic acids is 1. The van der Waals surface area contributed by atoms with E-state index >= 15 is 0 Å². The van der Waals surface area contributed by atoms with Crippen molar-refractivity contribution >= 4 is 34.3 Å². The highest BCUT2D eigenvalue weighted by Gasteiger charge is 2.22. The number of rotatable bonds is 8. The maximum Gasteiger partial charge on any atom is 0.307 e. The molecule has 0 aliphatic carbocycles. The van der Waals surface area contributed by atoms with Crippen molar-refractivity contribution in [1.82, 2.24) is 15.0 Å². The number of Topliss-reactive ketones (excluding diaryl/α,β-unsaturated/α-hetero) is 1. The highest BCUT2D eigenvalue weighted by Crippen LogP contribution is 2.23. The van der Waals surface area contributed by atoms with Crippen LogP contribution in [0.1, 0.15) is 23.2 Å². The highest BCUT2D eigenvalue weighted by molar-refractivity contribution is 6.30. The molecule has 0 bridgehead atoms. The number of hydrogen-bond acceptors (Lipinski definition) is 5. The van der Waals surface area contributed by atoms with E-state index in [0.717, 1.165) is 15.8 Å². The molecular formula is C25H20ClN3O4. The fourth-order valence-corrected chi connectivity index (χ4v) is 3.72. The summed E-state index contributed by atoms with van der Waals surface area (Å²) in [5.41, 5.74) is 2.46. The fourth-order valence-electron chi connectivity index (χ4n) is 3.59. The molecule has 0 spiro atoms. The third kappa shape index (κ3) is 5.15. The highest BCUT2D eigenvalue weighted by atomic mass is 35.5. The van der Waals surface area contributed by atoms with Gasteiger partial charge in [0.15, 0.2) is 5.78 Å². The summed E-state index contributed by atoms with van der Waals surface area (Å²) in [6.07, 6.45) is -0.0950. The van der Waals surface area contributed by atoms with Gasteiger partial charge < -0.3 is 5.11 Å². The molecule has 0 saturated carbocycles. The fraction of sp³-hybridized carbons (Fsp3) is 0.160. The second kappa shape index (κ2) is 9.75. The number of aromatic nitrogens is 3. The van der Waals surface area contributed by atoms with Crippen molar-refractivity contribution in [3.8, 4) is 11.1 Å². The number of ketones is 1. The van der Waals surface area contributed by atoms with Gasteiger partial charge in [0.25, 0.3) is 5.56 Å². The molecule has 1 atom stereocenters. The zero-order valence-corrected chi connectivity index (χ0v) is 18.3. The number of carbonyl (C=O) groups is 2. The first-order chi connectivity index (χ1) is 15.9. The molecular weight excluding hydrogens is 442 g/mol. The Kier molecular flexibility index (Phi) is 6.60. The van der Waals surface area contributed by atoms with E-state index in [9.17, 15) is 19.5 Å². The minimum Gasteiger partial charge on any atom is -0.481 e. The van der Waals surface area contributed by atoms with Crippen LogP contribution in [-0.4, -0.2) is 31.9 Å². The van der Waals surface area contributed by atoms with Crippen LogP contribution in [-0.2, 0) is 11.3 Å². The Morgan fingerprint density at radius 2 is 1.58 bits per heavy atom. The summed E-state index contributed by atoms with van der Waals surface area (Å²) in [5.74, 6) is -2.32. The van der Waals surface area contributed by atoms with Crippen LogP contribution in [0, 0.1) is 5.92 Å². The zero-order chi connectivity index (χ0) is 23.4. The van der Waals surface area contributed by atoms with Crippen LogP contribution in [0.15, 0.2) is 77.6 Å². The zero-order valence-electron chi connectivity index (χ0n) is 17.5. The number of hydrogen-bond donors (Lipinski definition) is 1. The SMILES string of the molecule is O=C(CC(CCn1nnc2ccccc2c1=O)C(=O)O)c1ccc(-c2ccc(Cl)cc2)cc1. The van der Waals surface area contributed by atoms with Gasteiger partial charge in [0.05, 0.1) is 11.3 Å². The predicted octanol–water partition coefficient (Wildman–Crippen LogP) is 4.48. The quantitative estimate of drug-likeness (QED) is 0.388. The summed E-state index contributed by atoms with van der Waals surface area (Å²) in [4.78, 5) is 37.1. The minimum atomic E-state index is -1.09. The van der Waals surface area contributed by atoms with Gasteiger partial charge in [-0.15, -0.1) is 5.10 Å². The van der Waals surface area contributed by atoms with E-state index in [-0.39, 0.29) is 30.7 Å². The predicted molar refractivity (Wildman–Crippen MR) is 125 cm³/mol. The Bertz CT molecular complexity index is 1370. The van der Waals surface area contributed by atoms with Crippen molar-refractivity contribution in [3.63, 3.8) is 0 Å². The lowest BCUT2D eigenvalue weighted by molar-refractivity contribution is -0.142. The molecule has 4 aromatic rings. The van der Waals surface area contributed by atoms with Crippen molar-refractivity contribution in [3.05, 3.63) is 93.7 Å². The van der Waals surface area contributed by atoms with E-state index < -0.39 is 11.9 Å². The van der Waals surface area contributed by atoms with E-state index in [4.69, 9.17) is 11.6 Å². The molecule has 166 valence electrons. The Labute approximate surface area is 194 Å². The van der Waals surface area contributed by atoms with Gasteiger partial charge in [0.2, 0.25) is 0 Å². The second-order valence-electron chi connectivity index (χ2n) is 7.67. The molecule has 4 rings (SSSR count). The first-order valence-corrected chi connectivity index (χ1v) is 10.7. The van der Waals surface area contributed by atoms with Gasteiger partial charge in [0, 0.05) is 23.6 Å². The molecule has 1 N–H and O–H groups in total. The van der Waals surface area contributed by atoms with Gasteiger partial charge >= 0.3 is 5.97 Å². The molecule has 0 amide bonds. The maximum absolute atomic E-state index is 12.7. The van der Waals surface area contributed by atoms with Gasteiger partial charge in [-0.1, -0.05) is 65.3 Å². The van der Waals surface area contributed by atoms with E-state index in [1.807, 2.05) is 24.3 Å². The number of carbonyl (C=O) groups excluding carboxylic acids is 1. The molecule has 1 unspecified atom stereocenters. The first kappa shape index (κ1) is 22.4. The molecule has 0 radical (unpaired) electrons. The summed E-state index contributed by atoms with van der Waals surface area (Å²) in [7, 11) is 0. The maximum atomic E-state index is 12.7. The minimum absolute atomic E-state index is 0.0520. The number of aryl methyl sites for hydroxylation is 1. The lowest BCUT2D eigenvalue weighted by atomic mass is 9.94. The van der Waals surface area contributed by atoms with E-state index in [1.165, 1.54) is 0 Å². The Hall–Kier alpha value is -3.84. The topological polar surface area (TPSA) is 102 Å². The molecule has 7 nitrogen and oxygen atoms in total. The summed E-state index contributed by atoms with van der Waals surface area (Å²) < 4.78 is 1.14. The smallest absolute Gasteiger partial charge is 0.307 e. The Morgan fingerprint density at radius 3 is 2.24 bits per heavy atom. The first-order valence-electron chi connectivity index (χ1n) is 10.4. The van der Waals surface area contributed by atoms with E-state index in [0.29, 0.717) is 21.5 Å². The summed E-state index contributed by atoms with van der Waals surface area (Å²) in [5, 5.41) is 18.6. The van der Waals surface area contributed by atoms with Crippen LogP contribution in [0.3, 0.4) is 0 Å². The van der Waals surface area contributed by atoms with Crippen molar-refractivity contribution in [1.29, 1.82) is 0 Å². The normalized spacial score (nSPS) is 11.9. The monoisotopic (exact) mass is 461 g/mol. The molecule has 1 heterocycles. The number of carboxylic acid groups (broad SMARTS) is 1. The lowest BCUT2D eigenvalue weighted by Gasteiger charge is -2.12. The summed E-state index contributed by atoms with van der Waals surface area (Å²) >= 11 is 5.92. The number of benzene rings is 3. The molecule has 8 heteroatoms. The Balaban J connectivity index is 1.44. The number of nitrogens with zero attached hydrogens (tertiary/aromatic N) is 3. The summed E-state index contributed by atoms with van der Waals surface area (Å²) in [6, 6.07) is 21.2. The number of aliphatic carboxylic acids is 1. The van der Waals surface area contributed by atoms with E-state index in [1.54, 1.807) is 48.5 Å². The molecule has 0 saturated heterocycles. The third-order valence-corrected chi connectivity index (χ3v) is 5.74. The second-order valence-corrected chi connectivity index (χ2v) is 8.11. The average Bonchev–Trinajstić information content (AvgIpc) is 2.83. The van der Waals surface area contributed by atoms with Crippen molar-refractivity contribution in [2.75, 3.05) is 0 Å². The van der Waals surface area contributed by atoms with Crippen molar-refractivity contribution in [2.24, 2.45) is 5.92 Å². The van der Waals surface area contributed by atoms with Gasteiger partial charge in [-0.25, -0.2) is 4.68 Å². The lowest BCUT2D eigenvalue weighted by Crippen LogP contribution is -2.27. The van der Waals surface area contributed by atoms with Crippen LogP contribution in [0.5, 0.6) is 0 Å². The number of halogens is 1. The van der Waals surface area contributed by atoms with Crippen molar-refractivity contribution in [2.45, 2.75) is 19.4 Å².